The lowest BCUT2D eigenvalue weighted by molar-refractivity contribution is -0.115. The van der Waals surface area contributed by atoms with Crippen LogP contribution in [0.5, 0.6) is 11.5 Å². The van der Waals surface area contributed by atoms with E-state index in [-0.39, 0.29) is 12.3 Å². The molecule has 8 nitrogen and oxygen atoms in total. The number of benzene rings is 1. The van der Waals surface area contributed by atoms with Gasteiger partial charge >= 0.3 is 0 Å². The molecule has 32 heavy (non-hydrogen) atoms. The Balaban J connectivity index is 1.45. The summed E-state index contributed by atoms with van der Waals surface area (Å²) in [5.41, 5.74) is 2.54. The summed E-state index contributed by atoms with van der Waals surface area (Å²) in [5.74, 6) is 3.34. The van der Waals surface area contributed by atoms with Crippen LogP contribution in [0.2, 0.25) is 0 Å². The van der Waals surface area contributed by atoms with E-state index in [1.54, 1.807) is 25.1 Å². The van der Waals surface area contributed by atoms with Gasteiger partial charge in [-0.25, -0.2) is 9.67 Å². The van der Waals surface area contributed by atoms with Gasteiger partial charge in [-0.3, -0.25) is 4.79 Å². The van der Waals surface area contributed by atoms with Crippen LogP contribution in [0.25, 0.3) is 10.8 Å². The van der Waals surface area contributed by atoms with Crippen molar-refractivity contribution in [2.24, 2.45) is 0 Å². The Morgan fingerprint density at radius 3 is 2.69 bits per heavy atom. The van der Waals surface area contributed by atoms with E-state index in [1.165, 1.54) is 11.3 Å². The summed E-state index contributed by atoms with van der Waals surface area (Å²) in [6.45, 7) is 4.27. The zero-order chi connectivity index (χ0) is 22.7. The molecule has 0 saturated heterocycles. The molecule has 4 aromatic rings. The van der Waals surface area contributed by atoms with E-state index >= 15 is 0 Å². The molecule has 0 atom stereocenters. The highest BCUT2D eigenvalue weighted by molar-refractivity contribution is 7.13. The predicted molar refractivity (Wildman–Crippen MR) is 122 cm³/mol. The minimum absolute atomic E-state index is 0.158. The number of carbonyl (C=O) groups excluding carboxylic acids is 1. The first-order valence-electron chi connectivity index (χ1n) is 10.0. The quantitative estimate of drug-likeness (QED) is 0.424. The van der Waals surface area contributed by atoms with E-state index in [0.29, 0.717) is 35.3 Å². The van der Waals surface area contributed by atoms with Gasteiger partial charge in [0, 0.05) is 10.9 Å². The van der Waals surface area contributed by atoms with Gasteiger partial charge in [0.2, 0.25) is 5.91 Å². The minimum Gasteiger partial charge on any atom is -0.493 e. The first kappa shape index (κ1) is 21.6. The number of hydrogen-bond donors (Lipinski definition) is 1. The minimum atomic E-state index is -0.158. The Morgan fingerprint density at radius 1 is 1.16 bits per heavy atom. The lowest BCUT2D eigenvalue weighted by Gasteiger charge is -2.12. The van der Waals surface area contributed by atoms with E-state index in [9.17, 15) is 4.79 Å². The van der Waals surface area contributed by atoms with E-state index in [0.717, 1.165) is 21.9 Å². The van der Waals surface area contributed by atoms with Crippen molar-refractivity contribution in [2.75, 3.05) is 19.5 Å². The second kappa shape index (κ2) is 9.27. The number of aryl methyl sites for hydroxylation is 2. The van der Waals surface area contributed by atoms with Gasteiger partial charge in [-0.2, -0.15) is 5.10 Å². The number of ether oxygens (including phenoxy) is 2. The highest BCUT2D eigenvalue weighted by Crippen LogP contribution is 2.29. The maximum atomic E-state index is 12.7. The third-order valence-corrected chi connectivity index (χ3v) is 5.81. The summed E-state index contributed by atoms with van der Waals surface area (Å²) >= 11 is 1.46. The number of anilines is 1. The molecular weight excluding hydrogens is 428 g/mol. The standard InChI is InChI=1S/C23H24N4O4S/c1-14-11-24-27(12-16-6-8-18(29-3)20(9-16)30-4)22(14)26-21(28)10-17-13-32-23(25-17)19-7-5-15(2)31-19/h5-9,11,13H,10,12H2,1-4H3,(H,26,28). The Kier molecular flexibility index (Phi) is 6.27. The number of hydrogen-bond acceptors (Lipinski definition) is 7. The van der Waals surface area contributed by atoms with E-state index < -0.39 is 0 Å². The molecule has 0 fully saturated rings. The Bertz CT molecular complexity index is 1240. The van der Waals surface area contributed by atoms with E-state index in [2.05, 4.69) is 15.4 Å². The molecule has 4 rings (SSSR count). The molecule has 0 unspecified atom stereocenters. The molecule has 0 radical (unpaired) electrons. The molecule has 0 aliphatic carbocycles. The summed E-state index contributed by atoms with van der Waals surface area (Å²) in [6, 6.07) is 9.47. The zero-order valence-electron chi connectivity index (χ0n) is 18.3. The number of methoxy groups -OCH3 is 2. The van der Waals surface area contributed by atoms with Crippen LogP contribution in [-0.4, -0.2) is 34.9 Å². The molecule has 0 aliphatic heterocycles. The molecule has 1 N–H and O–H groups in total. The number of amides is 1. The van der Waals surface area contributed by atoms with Crippen molar-refractivity contribution >= 4 is 23.1 Å². The maximum absolute atomic E-state index is 12.7. The molecule has 3 heterocycles. The van der Waals surface area contributed by atoms with Gasteiger partial charge in [0.25, 0.3) is 0 Å². The molecule has 0 aliphatic rings. The summed E-state index contributed by atoms with van der Waals surface area (Å²) in [4.78, 5) is 17.2. The third-order valence-electron chi connectivity index (χ3n) is 4.91. The fourth-order valence-corrected chi connectivity index (χ4v) is 4.08. The summed E-state index contributed by atoms with van der Waals surface area (Å²) in [6.07, 6.45) is 1.90. The molecule has 0 saturated carbocycles. The van der Waals surface area contributed by atoms with Crippen molar-refractivity contribution in [3.63, 3.8) is 0 Å². The van der Waals surface area contributed by atoms with Crippen molar-refractivity contribution in [1.29, 1.82) is 0 Å². The van der Waals surface area contributed by atoms with Crippen LogP contribution >= 0.6 is 11.3 Å². The van der Waals surface area contributed by atoms with Crippen LogP contribution in [0.1, 0.15) is 22.6 Å². The van der Waals surface area contributed by atoms with Gasteiger partial charge in [-0.1, -0.05) is 6.07 Å². The highest BCUT2D eigenvalue weighted by atomic mass is 32.1. The van der Waals surface area contributed by atoms with Gasteiger partial charge < -0.3 is 19.2 Å². The number of carbonyl (C=O) groups is 1. The van der Waals surface area contributed by atoms with E-state index in [1.807, 2.05) is 49.6 Å². The van der Waals surface area contributed by atoms with Crippen molar-refractivity contribution in [3.05, 3.63) is 64.5 Å². The van der Waals surface area contributed by atoms with Crippen LogP contribution in [0, 0.1) is 13.8 Å². The van der Waals surface area contributed by atoms with Crippen molar-refractivity contribution in [3.8, 4) is 22.3 Å². The van der Waals surface area contributed by atoms with Crippen LogP contribution < -0.4 is 14.8 Å². The first-order valence-corrected chi connectivity index (χ1v) is 10.9. The molecule has 9 heteroatoms. The van der Waals surface area contributed by atoms with Gasteiger partial charge in [0.1, 0.15) is 11.6 Å². The molecular formula is C23H24N4O4S. The average Bonchev–Trinajstić information content (AvgIpc) is 3.50. The molecule has 1 aromatic carbocycles. The van der Waals surface area contributed by atoms with Gasteiger partial charge in [0.05, 0.1) is 39.1 Å². The number of thiazole rings is 1. The number of nitrogens with one attached hydrogen (secondary N) is 1. The Labute approximate surface area is 189 Å². The molecule has 3 aromatic heterocycles. The fourth-order valence-electron chi connectivity index (χ4n) is 3.31. The smallest absolute Gasteiger partial charge is 0.231 e. The molecule has 0 spiro atoms. The van der Waals surface area contributed by atoms with Gasteiger partial charge in [-0.05, 0) is 43.7 Å². The Hall–Kier alpha value is -3.59. The SMILES string of the molecule is COc1ccc(Cn2ncc(C)c2NC(=O)Cc2csc(-c3ccc(C)o3)n2)cc1OC. The largest absolute Gasteiger partial charge is 0.493 e. The van der Waals surface area contributed by atoms with Crippen LogP contribution in [0.3, 0.4) is 0 Å². The van der Waals surface area contributed by atoms with E-state index in [4.69, 9.17) is 13.9 Å². The van der Waals surface area contributed by atoms with Crippen LogP contribution in [0.4, 0.5) is 5.82 Å². The number of aromatic nitrogens is 3. The fraction of sp³-hybridized carbons (Fsp3) is 0.261. The maximum Gasteiger partial charge on any atom is 0.231 e. The molecule has 1 amide bonds. The summed E-state index contributed by atoms with van der Waals surface area (Å²) in [7, 11) is 3.20. The number of furan rings is 1. The van der Waals surface area contributed by atoms with Gasteiger partial charge in [-0.15, -0.1) is 11.3 Å². The van der Waals surface area contributed by atoms with Crippen molar-refractivity contribution in [1.82, 2.24) is 14.8 Å². The lowest BCUT2D eigenvalue weighted by atomic mass is 10.2. The summed E-state index contributed by atoms with van der Waals surface area (Å²) in [5, 5.41) is 10.0. The van der Waals surface area contributed by atoms with Crippen molar-refractivity contribution in [2.45, 2.75) is 26.8 Å². The average molecular weight is 453 g/mol. The van der Waals surface area contributed by atoms with Crippen molar-refractivity contribution < 1.29 is 18.7 Å². The van der Waals surface area contributed by atoms with Crippen LogP contribution in [0.15, 0.2) is 46.3 Å². The monoisotopic (exact) mass is 452 g/mol. The summed E-state index contributed by atoms with van der Waals surface area (Å²) < 4.78 is 18.0. The van der Waals surface area contributed by atoms with Gasteiger partial charge in [0.15, 0.2) is 22.3 Å². The molecule has 166 valence electrons. The third kappa shape index (κ3) is 4.67. The second-order valence-corrected chi connectivity index (χ2v) is 8.16. The van der Waals surface area contributed by atoms with Crippen LogP contribution in [-0.2, 0) is 17.8 Å². The lowest BCUT2D eigenvalue weighted by Crippen LogP contribution is -2.18. The molecule has 0 bridgehead atoms. The normalized spacial score (nSPS) is 10.9. The topological polar surface area (TPSA) is 91.4 Å². The highest BCUT2D eigenvalue weighted by Gasteiger charge is 2.15. The first-order chi connectivity index (χ1) is 15.5. The number of nitrogens with zero attached hydrogens (tertiary/aromatic N) is 3. The second-order valence-electron chi connectivity index (χ2n) is 7.30. The zero-order valence-corrected chi connectivity index (χ0v) is 19.2. The number of rotatable bonds is 8. The Morgan fingerprint density at radius 2 is 1.97 bits per heavy atom. The predicted octanol–water partition coefficient (Wildman–Crippen LogP) is 4.46.